The van der Waals surface area contributed by atoms with Crippen molar-refractivity contribution in [1.82, 2.24) is 14.5 Å². The van der Waals surface area contributed by atoms with E-state index in [2.05, 4.69) is 4.98 Å². The van der Waals surface area contributed by atoms with Gasteiger partial charge in [0, 0.05) is 0 Å². The molecule has 0 atom stereocenters. The molecule has 0 spiro atoms. The van der Waals surface area contributed by atoms with Crippen LogP contribution in [0.25, 0.3) is 27.9 Å². The second kappa shape index (κ2) is 7.13. The van der Waals surface area contributed by atoms with Gasteiger partial charge in [0.25, 0.3) is 0 Å². The maximum absolute atomic E-state index is 13.6. The van der Waals surface area contributed by atoms with Gasteiger partial charge in [0.05, 0.1) is 21.6 Å². The minimum Gasteiger partial charge on any atom is -0.384 e. The van der Waals surface area contributed by atoms with Crippen molar-refractivity contribution in [1.29, 1.82) is 0 Å². The third-order valence-electron chi connectivity index (χ3n) is 5.66. The van der Waals surface area contributed by atoms with Crippen molar-refractivity contribution < 1.29 is 12.8 Å². The fourth-order valence-electron chi connectivity index (χ4n) is 3.85. The fourth-order valence-corrected chi connectivity index (χ4v) is 5.34. The first-order valence-corrected chi connectivity index (χ1v) is 11.4. The first-order chi connectivity index (χ1) is 15.3. The van der Waals surface area contributed by atoms with Gasteiger partial charge >= 0.3 is 0 Å². The molecule has 160 valence electrons. The Morgan fingerprint density at radius 3 is 2.22 bits per heavy atom. The molecule has 5 rings (SSSR count). The molecule has 2 heterocycles. The van der Waals surface area contributed by atoms with Gasteiger partial charge in [-0.1, -0.05) is 24.3 Å². The third-order valence-corrected chi connectivity index (χ3v) is 7.49. The predicted octanol–water partition coefficient (Wildman–Crippen LogP) is 4.74. The number of anilines is 1. The first kappa shape index (κ1) is 20.1. The highest BCUT2D eigenvalue weighted by molar-refractivity contribution is 7.92. The Kier molecular flexibility index (Phi) is 4.49. The lowest BCUT2D eigenvalue weighted by atomic mass is 10.1. The molecule has 8 heteroatoms. The number of hydrogen-bond donors (Lipinski definition) is 1. The molecule has 0 aliphatic carbocycles. The highest BCUT2D eigenvalue weighted by Crippen LogP contribution is 2.38. The van der Waals surface area contributed by atoms with Gasteiger partial charge in [-0.25, -0.2) is 22.8 Å². The van der Waals surface area contributed by atoms with Crippen LogP contribution in [0.2, 0.25) is 0 Å². The molecule has 32 heavy (non-hydrogen) atoms. The van der Waals surface area contributed by atoms with E-state index in [9.17, 15) is 12.8 Å². The zero-order valence-electron chi connectivity index (χ0n) is 17.4. The molecule has 0 aliphatic rings. The lowest BCUT2D eigenvalue weighted by Gasteiger charge is -2.13. The van der Waals surface area contributed by atoms with Gasteiger partial charge in [0.2, 0.25) is 9.84 Å². The third kappa shape index (κ3) is 2.95. The zero-order valence-corrected chi connectivity index (χ0v) is 18.2. The van der Waals surface area contributed by atoms with Crippen molar-refractivity contribution in [3.8, 4) is 5.69 Å². The summed E-state index contributed by atoms with van der Waals surface area (Å²) < 4.78 is 42.3. The summed E-state index contributed by atoms with van der Waals surface area (Å²) in [5.41, 5.74) is 10.9. The standard InChI is InChI=1S/C24H19FN4O2S/c1-14-6-5-9-20(15(14)2)29-23(26)22(32(30,31)17-12-10-16(25)11-13-17)21-24(29)28-19-8-4-3-7-18(19)27-21/h3-13H,26H2,1-2H3. The van der Waals surface area contributed by atoms with Crippen LogP contribution in [0, 0.1) is 19.7 Å². The van der Waals surface area contributed by atoms with E-state index in [-0.39, 0.29) is 21.1 Å². The van der Waals surface area contributed by atoms with E-state index in [0.29, 0.717) is 16.7 Å². The van der Waals surface area contributed by atoms with Crippen molar-refractivity contribution in [3.05, 3.63) is 83.7 Å². The number of sulfone groups is 1. The smallest absolute Gasteiger partial charge is 0.212 e. The molecule has 0 radical (unpaired) electrons. The van der Waals surface area contributed by atoms with Crippen LogP contribution < -0.4 is 5.73 Å². The molecule has 2 N–H and O–H groups in total. The molecule has 0 saturated carbocycles. The predicted molar refractivity (Wildman–Crippen MR) is 122 cm³/mol. The summed E-state index contributed by atoms with van der Waals surface area (Å²) in [7, 11) is -4.11. The number of para-hydroxylation sites is 2. The number of benzene rings is 3. The molecular weight excluding hydrogens is 427 g/mol. The number of fused-ring (bicyclic) bond motifs is 2. The van der Waals surface area contributed by atoms with Crippen LogP contribution in [0.1, 0.15) is 11.1 Å². The van der Waals surface area contributed by atoms with Crippen LogP contribution >= 0.6 is 0 Å². The molecule has 0 unspecified atom stereocenters. The van der Waals surface area contributed by atoms with E-state index in [1.54, 1.807) is 10.6 Å². The zero-order chi connectivity index (χ0) is 22.6. The van der Waals surface area contributed by atoms with Gasteiger partial charge in [-0.15, -0.1) is 0 Å². The Labute approximate surface area is 184 Å². The lowest BCUT2D eigenvalue weighted by molar-refractivity contribution is 0.595. The summed E-state index contributed by atoms with van der Waals surface area (Å²) >= 11 is 0. The van der Waals surface area contributed by atoms with Crippen molar-refractivity contribution >= 4 is 37.9 Å². The van der Waals surface area contributed by atoms with Crippen molar-refractivity contribution in [2.45, 2.75) is 23.6 Å². The van der Waals surface area contributed by atoms with Crippen LogP contribution in [0.4, 0.5) is 10.2 Å². The van der Waals surface area contributed by atoms with Crippen LogP contribution in [-0.4, -0.2) is 23.0 Å². The monoisotopic (exact) mass is 446 g/mol. The van der Waals surface area contributed by atoms with Gasteiger partial charge in [-0.2, -0.15) is 0 Å². The molecule has 0 amide bonds. The van der Waals surface area contributed by atoms with Gasteiger partial charge < -0.3 is 5.73 Å². The molecular formula is C24H19FN4O2S. The number of nitrogens with two attached hydrogens (primary N) is 1. The van der Waals surface area contributed by atoms with Crippen LogP contribution in [0.3, 0.4) is 0 Å². The van der Waals surface area contributed by atoms with E-state index < -0.39 is 15.7 Å². The average Bonchev–Trinajstić information content (AvgIpc) is 3.05. The van der Waals surface area contributed by atoms with E-state index in [1.165, 1.54) is 12.1 Å². The van der Waals surface area contributed by atoms with Crippen molar-refractivity contribution in [3.63, 3.8) is 0 Å². The number of hydrogen-bond acceptors (Lipinski definition) is 5. The summed E-state index contributed by atoms with van der Waals surface area (Å²) in [5, 5.41) is 0. The van der Waals surface area contributed by atoms with E-state index in [1.807, 2.05) is 50.2 Å². The minimum atomic E-state index is -4.11. The average molecular weight is 447 g/mol. The van der Waals surface area contributed by atoms with E-state index >= 15 is 0 Å². The van der Waals surface area contributed by atoms with Crippen molar-refractivity contribution in [2.75, 3.05) is 5.73 Å². The molecule has 0 fully saturated rings. The maximum Gasteiger partial charge on any atom is 0.212 e. The minimum absolute atomic E-state index is 0.00771. The molecule has 0 saturated heterocycles. The lowest BCUT2D eigenvalue weighted by Crippen LogP contribution is -2.08. The van der Waals surface area contributed by atoms with Crippen LogP contribution in [0.5, 0.6) is 0 Å². The molecule has 3 aromatic carbocycles. The Hall–Kier alpha value is -3.78. The summed E-state index contributed by atoms with van der Waals surface area (Å²) in [5.74, 6) is -0.520. The maximum atomic E-state index is 13.6. The molecule has 2 aromatic heterocycles. The second-order valence-electron chi connectivity index (χ2n) is 7.61. The quantitative estimate of drug-likeness (QED) is 0.404. The second-order valence-corrected chi connectivity index (χ2v) is 9.50. The number of rotatable bonds is 3. The number of halogens is 1. The van der Waals surface area contributed by atoms with E-state index in [0.717, 1.165) is 28.9 Å². The molecule has 5 aromatic rings. The summed E-state index contributed by atoms with van der Waals surface area (Å²) in [6.07, 6.45) is 0. The van der Waals surface area contributed by atoms with Gasteiger partial charge in [-0.05, 0) is 67.4 Å². The van der Waals surface area contributed by atoms with Crippen LogP contribution in [0.15, 0.2) is 76.5 Å². The normalized spacial score (nSPS) is 12.0. The largest absolute Gasteiger partial charge is 0.384 e. The molecule has 0 bridgehead atoms. The van der Waals surface area contributed by atoms with Gasteiger partial charge in [0.15, 0.2) is 5.65 Å². The number of aromatic nitrogens is 3. The van der Waals surface area contributed by atoms with Gasteiger partial charge in [-0.3, -0.25) is 4.57 Å². The van der Waals surface area contributed by atoms with E-state index in [4.69, 9.17) is 10.7 Å². The van der Waals surface area contributed by atoms with Crippen molar-refractivity contribution in [2.24, 2.45) is 0 Å². The topological polar surface area (TPSA) is 90.9 Å². The fraction of sp³-hybridized carbons (Fsp3) is 0.0833. The SMILES string of the molecule is Cc1cccc(-n2c(N)c(S(=O)(=O)c3ccc(F)cc3)c3nc4ccccc4nc32)c1C. The Balaban J connectivity index is 1.94. The van der Waals surface area contributed by atoms with Gasteiger partial charge in [0.1, 0.15) is 22.0 Å². The Morgan fingerprint density at radius 1 is 0.875 bits per heavy atom. The summed E-state index contributed by atoms with van der Waals surface area (Å²) in [6, 6.07) is 17.6. The first-order valence-electron chi connectivity index (χ1n) is 9.93. The Bertz CT molecular complexity index is 1620. The highest BCUT2D eigenvalue weighted by atomic mass is 32.2. The highest BCUT2D eigenvalue weighted by Gasteiger charge is 2.31. The Morgan fingerprint density at radius 2 is 1.53 bits per heavy atom. The van der Waals surface area contributed by atoms with Crippen LogP contribution in [-0.2, 0) is 9.84 Å². The molecule has 0 aliphatic heterocycles. The number of aryl methyl sites for hydroxylation is 1. The summed E-state index contributed by atoms with van der Waals surface area (Å²) in [6.45, 7) is 3.91. The number of nitrogens with zero attached hydrogens (tertiary/aromatic N) is 3. The summed E-state index contributed by atoms with van der Waals surface area (Å²) in [4.78, 5) is 9.14. The molecule has 6 nitrogen and oxygen atoms in total. The number of nitrogen functional groups attached to an aromatic ring is 1.